The second kappa shape index (κ2) is 9.19. The van der Waals surface area contributed by atoms with Crippen LogP contribution >= 0.6 is 0 Å². The maximum absolute atomic E-state index is 12.5. The van der Waals surface area contributed by atoms with E-state index >= 15 is 0 Å². The molecule has 1 saturated heterocycles. The van der Waals surface area contributed by atoms with Gasteiger partial charge in [0.25, 0.3) is 5.91 Å². The number of benzene rings is 2. The fourth-order valence-corrected chi connectivity index (χ4v) is 2.94. The quantitative estimate of drug-likeness (QED) is 0.851. The SMILES string of the molecule is CCOc1ccccc1C(=O)Nc1ccc(CC(=O)N2CCOCC2)cc1. The zero-order valence-electron chi connectivity index (χ0n) is 15.4. The Labute approximate surface area is 159 Å². The summed E-state index contributed by atoms with van der Waals surface area (Å²) in [5.74, 6) is 0.433. The number of nitrogens with one attached hydrogen (secondary N) is 1. The zero-order valence-corrected chi connectivity index (χ0v) is 15.4. The van der Waals surface area contributed by atoms with Gasteiger partial charge in [0.15, 0.2) is 0 Å². The number of carbonyl (C=O) groups excluding carboxylic acids is 2. The van der Waals surface area contributed by atoms with Crippen LogP contribution in [0.2, 0.25) is 0 Å². The Morgan fingerprint density at radius 2 is 1.78 bits per heavy atom. The summed E-state index contributed by atoms with van der Waals surface area (Å²) in [4.78, 5) is 26.6. The number of nitrogens with zero attached hydrogens (tertiary/aromatic N) is 1. The van der Waals surface area contributed by atoms with Gasteiger partial charge in [0.05, 0.1) is 31.8 Å². The Morgan fingerprint density at radius 1 is 1.07 bits per heavy atom. The summed E-state index contributed by atoms with van der Waals surface area (Å²) in [6, 6.07) is 14.5. The molecule has 6 nitrogen and oxygen atoms in total. The first-order valence-electron chi connectivity index (χ1n) is 9.15. The fraction of sp³-hybridized carbons (Fsp3) is 0.333. The Hall–Kier alpha value is -2.86. The first kappa shape index (κ1) is 18.9. The predicted molar refractivity (Wildman–Crippen MR) is 103 cm³/mol. The van der Waals surface area contributed by atoms with Gasteiger partial charge in [-0.2, -0.15) is 0 Å². The largest absolute Gasteiger partial charge is 0.493 e. The Balaban J connectivity index is 1.60. The van der Waals surface area contributed by atoms with Gasteiger partial charge in [-0.1, -0.05) is 24.3 Å². The minimum atomic E-state index is -0.226. The summed E-state index contributed by atoms with van der Waals surface area (Å²) in [6.07, 6.45) is 0.349. The van der Waals surface area contributed by atoms with E-state index in [1.165, 1.54) is 0 Å². The van der Waals surface area contributed by atoms with E-state index < -0.39 is 0 Å². The number of ether oxygens (including phenoxy) is 2. The maximum atomic E-state index is 12.5. The second-order valence-corrected chi connectivity index (χ2v) is 6.25. The molecule has 6 heteroatoms. The number of anilines is 1. The molecule has 2 aromatic rings. The van der Waals surface area contributed by atoms with E-state index in [0.717, 1.165) is 5.56 Å². The third-order valence-electron chi connectivity index (χ3n) is 4.36. The van der Waals surface area contributed by atoms with Gasteiger partial charge >= 0.3 is 0 Å². The highest BCUT2D eigenvalue weighted by Crippen LogP contribution is 2.20. The van der Waals surface area contributed by atoms with Gasteiger partial charge in [-0.15, -0.1) is 0 Å². The molecule has 1 aliphatic heterocycles. The lowest BCUT2D eigenvalue weighted by Crippen LogP contribution is -2.41. The summed E-state index contributed by atoms with van der Waals surface area (Å²) in [7, 11) is 0. The molecule has 27 heavy (non-hydrogen) atoms. The van der Waals surface area contributed by atoms with Crippen molar-refractivity contribution in [1.82, 2.24) is 4.90 Å². The standard InChI is InChI=1S/C21H24N2O4/c1-2-27-19-6-4-3-5-18(19)21(25)22-17-9-7-16(8-10-17)15-20(24)23-11-13-26-14-12-23/h3-10H,2,11-15H2,1H3,(H,22,25). The van der Waals surface area contributed by atoms with Crippen molar-refractivity contribution in [3.8, 4) is 5.75 Å². The third kappa shape index (κ3) is 5.08. The lowest BCUT2D eigenvalue weighted by molar-refractivity contribution is -0.134. The molecule has 0 bridgehead atoms. The smallest absolute Gasteiger partial charge is 0.259 e. The van der Waals surface area contributed by atoms with Crippen LogP contribution in [-0.4, -0.2) is 49.6 Å². The summed E-state index contributed by atoms with van der Waals surface area (Å²) in [6.45, 7) is 4.86. The molecule has 0 aliphatic carbocycles. The van der Waals surface area contributed by atoms with Crippen LogP contribution in [0.5, 0.6) is 5.75 Å². The molecule has 0 aromatic heterocycles. The number of hydrogen-bond acceptors (Lipinski definition) is 4. The summed E-state index contributed by atoms with van der Waals surface area (Å²) >= 11 is 0. The van der Waals surface area contributed by atoms with Crippen LogP contribution in [0.4, 0.5) is 5.69 Å². The molecule has 0 saturated carbocycles. The number of hydrogen-bond donors (Lipinski definition) is 1. The van der Waals surface area contributed by atoms with E-state index in [2.05, 4.69) is 5.32 Å². The topological polar surface area (TPSA) is 67.9 Å². The van der Waals surface area contributed by atoms with Gasteiger partial charge < -0.3 is 19.7 Å². The molecular weight excluding hydrogens is 344 g/mol. The highest BCUT2D eigenvalue weighted by molar-refractivity contribution is 6.06. The molecule has 2 amide bonds. The molecule has 1 aliphatic rings. The van der Waals surface area contributed by atoms with Gasteiger partial charge in [-0.25, -0.2) is 0 Å². The highest BCUT2D eigenvalue weighted by Gasteiger charge is 2.17. The van der Waals surface area contributed by atoms with Crippen molar-refractivity contribution in [2.45, 2.75) is 13.3 Å². The fourth-order valence-electron chi connectivity index (χ4n) is 2.94. The number of carbonyl (C=O) groups is 2. The summed E-state index contributed by atoms with van der Waals surface area (Å²) in [5, 5.41) is 2.87. The minimum Gasteiger partial charge on any atom is -0.493 e. The molecule has 2 aromatic carbocycles. The Kier molecular flexibility index (Phi) is 6.44. The van der Waals surface area contributed by atoms with Crippen LogP contribution in [0.3, 0.4) is 0 Å². The van der Waals surface area contributed by atoms with Crippen LogP contribution in [-0.2, 0) is 16.0 Å². The number of rotatable bonds is 6. The molecule has 1 fully saturated rings. The van der Waals surface area contributed by atoms with E-state index in [4.69, 9.17) is 9.47 Å². The zero-order chi connectivity index (χ0) is 19.1. The highest BCUT2D eigenvalue weighted by atomic mass is 16.5. The summed E-state index contributed by atoms with van der Waals surface area (Å²) in [5.41, 5.74) is 2.08. The average molecular weight is 368 g/mol. The molecule has 3 rings (SSSR count). The Morgan fingerprint density at radius 3 is 2.48 bits per heavy atom. The number of amides is 2. The van der Waals surface area contributed by atoms with E-state index in [9.17, 15) is 9.59 Å². The molecule has 0 radical (unpaired) electrons. The van der Waals surface area contributed by atoms with Crippen molar-refractivity contribution in [2.24, 2.45) is 0 Å². The first-order chi connectivity index (χ1) is 13.2. The van der Waals surface area contributed by atoms with Crippen molar-refractivity contribution in [3.63, 3.8) is 0 Å². The van der Waals surface area contributed by atoms with Crippen LogP contribution in [0, 0.1) is 0 Å². The van der Waals surface area contributed by atoms with Crippen molar-refractivity contribution in [2.75, 3.05) is 38.2 Å². The molecule has 1 N–H and O–H groups in total. The van der Waals surface area contributed by atoms with Crippen molar-refractivity contribution in [3.05, 3.63) is 59.7 Å². The number of morpholine rings is 1. The maximum Gasteiger partial charge on any atom is 0.259 e. The van der Waals surface area contributed by atoms with Gasteiger partial charge in [0, 0.05) is 18.8 Å². The van der Waals surface area contributed by atoms with Crippen molar-refractivity contribution < 1.29 is 19.1 Å². The van der Waals surface area contributed by atoms with E-state index in [0.29, 0.717) is 56.3 Å². The molecule has 0 unspecified atom stereocenters. The van der Waals surface area contributed by atoms with Crippen LogP contribution in [0.15, 0.2) is 48.5 Å². The van der Waals surface area contributed by atoms with Gasteiger partial charge in [-0.05, 0) is 36.8 Å². The molecule has 1 heterocycles. The minimum absolute atomic E-state index is 0.0979. The van der Waals surface area contributed by atoms with Crippen LogP contribution in [0.25, 0.3) is 0 Å². The van der Waals surface area contributed by atoms with Gasteiger partial charge in [0.2, 0.25) is 5.91 Å². The van der Waals surface area contributed by atoms with E-state index in [1.54, 1.807) is 18.2 Å². The lowest BCUT2D eigenvalue weighted by atomic mass is 10.1. The molecular formula is C21H24N2O4. The first-order valence-corrected chi connectivity index (χ1v) is 9.15. The van der Waals surface area contributed by atoms with Crippen LogP contribution in [0.1, 0.15) is 22.8 Å². The predicted octanol–water partition coefficient (Wildman–Crippen LogP) is 2.74. The second-order valence-electron chi connectivity index (χ2n) is 6.25. The molecule has 142 valence electrons. The van der Waals surface area contributed by atoms with Gasteiger partial charge in [-0.3, -0.25) is 9.59 Å². The van der Waals surface area contributed by atoms with Crippen molar-refractivity contribution >= 4 is 17.5 Å². The Bertz CT molecular complexity index is 783. The number of para-hydroxylation sites is 1. The molecule has 0 spiro atoms. The summed E-state index contributed by atoms with van der Waals surface area (Å²) < 4.78 is 10.8. The average Bonchev–Trinajstić information content (AvgIpc) is 2.71. The molecule has 0 atom stereocenters. The third-order valence-corrected chi connectivity index (χ3v) is 4.36. The van der Waals surface area contributed by atoms with E-state index in [1.807, 2.05) is 42.2 Å². The lowest BCUT2D eigenvalue weighted by Gasteiger charge is -2.26. The monoisotopic (exact) mass is 368 g/mol. The van der Waals surface area contributed by atoms with E-state index in [-0.39, 0.29) is 11.8 Å². The van der Waals surface area contributed by atoms with Crippen molar-refractivity contribution in [1.29, 1.82) is 0 Å². The van der Waals surface area contributed by atoms with Crippen LogP contribution < -0.4 is 10.1 Å². The van der Waals surface area contributed by atoms with Gasteiger partial charge in [0.1, 0.15) is 5.75 Å². The normalized spacial score (nSPS) is 13.9.